The predicted molar refractivity (Wildman–Crippen MR) is 107 cm³/mol. The van der Waals surface area contributed by atoms with E-state index in [4.69, 9.17) is 4.74 Å². The molecule has 2 N–H and O–H groups in total. The first-order valence-electron chi connectivity index (χ1n) is 9.76. The molecule has 1 heterocycles. The molecule has 32 heavy (non-hydrogen) atoms. The van der Waals surface area contributed by atoms with E-state index in [1.165, 1.54) is 39.7 Å². The Morgan fingerprint density at radius 2 is 1.59 bits per heavy atom. The fraction of sp³-hybridized carbons (Fsp3) is 0.455. The van der Waals surface area contributed by atoms with Gasteiger partial charge in [-0.15, -0.1) is 0 Å². The standard InChI is InChI=1S/C22H25F4NO5/c1-11(2)21(14-7-6-8-15(18(14)23)22(24,25)26)16(19(28)29)12(3)27(9-10-32-5)13(4)17(21)20(30)31/h6-8,11H,9-10H2,1-5H3,(H,28,29)(H,30,31). The molecular weight excluding hydrogens is 434 g/mol. The van der Waals surface area contributed by atoms with Crippen LogP contribution in [0.5, 0.6) is 0 Å². The van der Waals surface area contributed by atoms with Crippen LogP contribution in [0.4, 0.5) is 17.6 Å². The summed E-state index contributed by atoms with van der Waals surface area (Å²) >= 11 is 0. The molecule has 176 valence electrons. The Bertz CT molecular complexity index is 957. The Labute approximate surface area is 182 Å². The van der Waals surface area contributed by atoms with E-state index >= 15 is 4.39 Å². The van der Waals surface area contributed by atoms with E-state index in [0.717, 1.165) is 12.1 Å². The van der Waals surface area contributed by atoms with Crippen LogP contribution >= 0.6 is 0 Å². The van der Waals surface area contributed by atoms with E-state index in [1.807, 2.05) is 0 Å². The number of benzene rings is 1. The average Bonchev–Trinajstić information content (AvgIpc) is 2.65. The van der Waals surface area contributed by atoms with Gasteiger partial charge in [0.25, 0.3) is 0 Å². The van der Waals surface area contributed by atoms with Gasteiger partial charge in [-0.25, -0.2) is 14.0 Å². The van der Waals surface area contributed by atoms with Crippen LogP contribution in [-0.4, -0.2) is 47.3 Å². The first kappa shape index (κ1) is 25.4. The van der Waals surface area contributed by atoms with Crippen LogP contribution in [0, 0.1) is 11.7 Å². The summed E-state index contributed by atoms with van der Waals surface area (Å²) in [6.45, 7) is 5.98. The summed E-state index contributed by atoms with van der Waals surface area (Å²) in [5.41, 5.74) is -5.22. The minimum Gasteiger partial charge on any atom is -0.478 e. The minimum atomic E-state index is -5.05. The zero-order chi connectivity index (χ0) is 24.6. The maximum atomic E-state index is 15.4. The van der Waals surface area contributed by atoms with Crippen LogP contribution in [0.25, 0.3) is 0 Å². The summed E-state index contributed by atoms with van der Waals surface area (Å²) in [5.74, 6) is -5.73. The summed E-state index contributed by atoms with van der Waals surface area (Å²) in [4.78, 5) is 26.4. The number of methoxy groups -OCH3 is 1. The third kappa shape index (κ3) is 3.87. The molecule has 0 amide bonds. The van der Waals surface area contributed by atoms with Crippen molar-refractivity contribution in [2.24, 2.45) is 5.92 Å². The number of hydrogen-bond donors (Lipinski definition) is 2. The van der Waals surface area contributed by atoms with Crippen molar-refractivity contribution < 1.29 is 42.1 Å². The van der Waals surface area contributed by atoms with Gasteiger partial charge in [0.05, 0.1) is 28.7 Å². The maximum Gasteiger partial charge on any atom is 0.419 e. The van der Waals surface area contributed by atoms with Crippen LogP contribution in [0.3, 0.4) is 0 Å². The highest BCUT2D eigenvalue weighted by Gasteiger charge is 2.55. The fourth-order valence-corrected chi connectivity index (χ4v) is 4.60. The van der Waals surface area contributed by atoms with Crippen molar-refractivity contribution in [3.8, 4) is 0 Å². The molecule has 0 unspecified atom stereocenters. The van der Waals surface area contributed by atoms with Crippen LogP contribution in [0.1, 0.15) is 38.8 Å². The molecule has 0 fully saturated rings. The zero-order valence-corrected chi connectivity index (χ0v) is 18.3. The Morgan fingerprint density at radius 3 is 1.97 bits per heavy atom. The van der Waals surface area contributed by atoms with E-state index in [9.17, 15) is 33.0 Å². The van der Waals surface area contributed by atoms with Crippen molar-refractivity contribution in [1.82, 2.24) is 4.90 Å². The number of rotatable bonds is 7. The molecule has 0 bridgehead atoms. The van der Waals surface area contributed by atoms with Gasteiger partial charge in [0.1, 0.15) is 5.82 Å². The first-order valence-corrected chi connectivity index (χ1v) is 9.76. The Balaban J connectivity index is 3.10. The van der Waals surface area contributed by atoms with Gasteiger partial charge in [-0.2, -0.15) is 13.2 Å². The second-order valence-electron chi connectivity index (χ2n) is 7.80. The number of nitrogens with zero attached hydrogens (tertiary/aromatic N) is 1. The van der Waals surface area contributed by atoms with E-state index in [2.05, 4.69) is 0 Å². The van der Waals surface area contributed by atoms with Crippen molar-refractivity contribution in [3.63, 3.8) is 0 Å². The third-order valence-electron chi connectivity index (χ3n) is 5.86. The SMILES string of the molecule is COCCN1C(C)=C(C(=O)O)C(c2cccc(C(F)(F)F)c2F)(C(C)C)C(C(=O)O)=C1C. The molecule has 1 aromatic rings. The van der Waals surface area contributed by atoms with Gasteiger partial charge >= 0.3 is 18.1 Å². The molecule has 0 aliphatic carbocycles. The topological polar surface area (TPSA) is 87.1 Å². The molecular formula is C22H25F4NO5. The lowest BCUT2D eigenvalue weighted by molar-refractivity contribution is -0.140. The largest absolute Gasteiger partial charge is 0.478 e. The molecule has 0 radical (unpaired) electrons. The summed E-state index contributed by atoms with van der Waals surface area (Å²) in [7, 11) is 1.41. The normalized spacial score (nSPS) is 16.8. The van der Waals surface area contributed by atoms with Gasteiger partial charge < -0.3 is 19.8 Å². The molecule has 0 spiro atoms. The molecule has 2 rings (SSSR count). The summed E-state index contributed by atoms with van der Waals surface area (Å²) in [5, 5.41) is 20.3. The molecule has 1 aliphatic rings. The molecule has 6 nitrogen and oxygen atoms in total. The number of carboxylic acids is 2. The molecule has 0 saturated heterocycles. The minimum absolute atomic E-state index is 0.0982. The predicted octanol–water partition coefficient (Wildman–Crippen LogP) is 4.42. The van der Waals surface area contributed by atoms with Crippen LogP contribution in [0.15, 0.2) is 40.7 Å². The lowest BCUT2D eigenvalue weighted by Gasteiger charge is -2.47. The highest BCUT2D eigenvalue weighted by atomic mass is 19.4. The Kier molecular flexibility index (Phi) is 7.08. The highest BCUT2D eigenvalue weighted by Crippen LogP contribution is 2.53. The van der Waals surface area contributed by atoms with Crippen LogP contribution in [-0.2, 0) is 25.9 Å². The van der Waals surface area contributed by atoms with Crippen LogP contribution < -0.4 is 0 Å². The number of carbonyl (C=O) groups is 2. The number of ether oxygens (including phenoxy) is 1. The van der Waals surface area contributed by atoms with Gasteiger partial charge in [-0.1, -0.05) is 26.0 Å². The number of aliphatic carboxylic acids is 2. The molecule has 0 saturated carbocycles. The quantitative estimate of drug-likeness (QED) is 0.587. The molecule has 0 aromatic heterocycles. The lowest BCUT2D eigenvalue weighted by atomic mass is 9.59. The smallest absolute Gasteiger partial charge is 0.419 e. The maximum absolute atomic E-state index is 15.4. The number of hydrogen-bond acceptors (Lipinski definition) is 4. The molecule has 1 aliphatic heterocycles. The Morgan fingerprint density at radius 1 is 1.09 bits per heavy atom. The van der Waals surface area contributed by atoms with Crippen molar-refractivity contribution >= 4 is 11.9 Å². The fourth-order valence-electron chi connectivity index (χ4n) is 4.60. The summed E-state index contributed by atoms with van der Waals surface area (Å²) in [6, 6.07) is 2.50. The Hall–Kier alpha value is -2.88. The molecule has 10 heteroatoms. The second-order valence-corrected chi connectivity index (χ2v) is 7.80. The van der Waals surface area contributed by atoms with Crippen molar-refractivity contribution in [1.29, 1.82) is 0 Å². The number of halogens is 4. The van der Waals surface area contributed by atoms with Gasteiger partial charge in [0.2, 0.25) is 0 Å². The monoisotopic (exact) mass is 459 g/mol. The average molecular weight is 459 g/mol. The van der Waals surface area contributed by atoms with E-state index in [1.54, 1.807) is 0 Å². The number of carboxylic acid groups (broad SMARTS) is 2. The highest BCUT2D eigenvalue weighted by molar-refractivity contribution is 6.01. The first-order chi connectivity index (χ1) is 14.7. The third-order valence-corrected chi connectivity index (χ3v) is 5.86. The van der Waals surface area contributed by atoms with Crippen molar-refractivity contribution in [2.45, 2.75) is 39.3 Å². The van der Waals surface area contributed by atoms with Gasteiger partial charge in [-0.3, -0.25) is 0 Å². The molecule has 1 aromatic carbocycles. The van der Waals surface area contributed by atoms with E-state index in [-0.39, 0.29) is 24.5 Å². The van der Waals surface area contributed by atoms with Gasteiger partial charge in [-0.05, 0) is 25.8 Å². The molecule has 0 atom stereocenters. The zero-order valence-electron chi connectivity index (χ0n) is 18.3. The second kappa shape index (κ2) is 8.93. The van der Waals surface area contributed by atoms with Crippen molar-refractivity contribution in [3.05, 3.63) is 57.7 Å². The van der Waals surface area contributed by atoms with Crippen LogP contribution in [0.2, 0.25) is 0 Å². The van der Waals surface area contributed by atoms with Crippen molar-refractivity contribution in [2.75, 3.05) is 20.3 Å². The number of alkyl halides is 3. The van der Waals surface area contributed by atoms with Gasteiger partial charge in [0, 0.05) is 30.6 Å². The lowest BCUT2D eigenvalue weighted by Crippen LogP contribution is -2.50. The number of allylic oxidation sites excluding steroid dienone is 2. The van der Waals surface area contributed by atoms with E-state index in [0.29, 0.717) is 6.07 Å². The summed E-state index contributed by atoms with van der Waals surface area (Å²) < 4.78 is 60.8. The summed E-state index contributed by atoms with van der Waals surface area (Å²) in [6.07, 6.45) is -5.05. The van der Waals surface area contributed by atoms with Gasteiger partial charge in [0.15, 0.2) is 0 Å². The van der Waals surface area contributed by atoms with E-state index < -0.39 is 57.5 Å².